The highest BCUT2D eigenvalue weighted by molar-refractivity contribution is 7.09. The summed E-state index contributed by atoms with van der Waals surface area (Å²) in [4.78, 5) is 22.1. The standard InChI is InChI=1S/C14H13N3OS/c1-10(8-11-4-3-7-19-11)17-9-16-12-5-2-6-15-13(12)14(17)18/h2-7,9-10H,8H2,1H3/t10-/m1/s1. The second kappa shape index (κ2) is 4.93. The number of hydrogen-bond donors (Lipinski definition) is 0. The molecule has 0 radical (unpaired) electrons. The number of aromatic nitrogens is 3. The van der Waals surface area contributed by atoms with E-state index in [2.05, 4.69) is 16.0 Å². The second-order valence-corrected chi connectivity index (χ2v) is 5.49. The Hall–Kier alpha value is -2.01. The summed E-state index contributed by atoms with van der Waals surface area (Å²) in [6.45, 7) is 2.03. The topological polar surface area (TPSA) is 47.8 Å². The van der Waals surface area contributed by atoms with Crippen molar-refractivity contribution >= 4 is 22.4 Å². The zero-order chi connectivity index (χ0) is 13.2. The van der Waals surface area contributed by atoms with Gasteiger partial charge >= 0.3 is 0 Å². The van der Waals surface area contributed by atoms with Crippen LogP contribution in [0.4, 0.5) is 0 Å². The van der Waals surface area contributed by atoms with Gasteiger partial charge in [0, 0.05) is 23.5 Å². The van der Waals surface area contributed by atoms with Gasteiger partial charge in [-0.3, -0.25) is 9.36 Å². The SMILES string of the molecule is C[C@H](Cc1cccs1)n1cnc2cccnc2c1=O. The van der Waals surface area contributed by atoms with E-state index < -0.39 is 0 Å². The molecule has 0 spiro atoms. The number of hydrogen-bond acceptors (Lipinski definition) is 4. The molecular weight excluding hydrogens is 258 g/mol. The van der Waals surface area contributed by atoms with Gasteiger partial charge in [0.25, 0.3) is 5.56 Å². The first-order valence-corrected chi connectivity index (χ1v) is 6.98. The summed E-state index contributed by atoms with van der Waals surface area (Å²) in [5, 5.41) is 2.05. The maximum atomic E-state index is 12.4. The lowest BCUT2D eigenvalue weighted by Crippen LogP contribution is -2.25. The molecule has 0 fully saturated rings. The van der Waals surface area contributed by atoms with Crippen LogP contribution in [-0.2, 0) is 6.42 Å². The highest BCUT2D eigenvalue weighted by Gasteiger charge is 2.11. The van der Waals surface area contributed by atoms with Gasteiger partial charge in [0.1, 0.15) is 0 Å². The minimum absolute atomic E-state index is 0.0741. The Labute approximate surface area is 114 Å². The second-order valence-electron chi connectivity index (χ2n) is 4.46. The molecule has 3 aromatic rings. The molecular formula is C14H13N3OS. The van der Waals surface area contributed by atoms with Gasteiger partial charge < -0.3 is 0 Å². The van der Waals surface area contributed by atoms with Crippen LogP contribution in [0.3, 0.4) is 0 Å². The van der Waals surface area contributed by atoms with Crippen LogP contribution in [0.2, 0.25) is 0 Å². The maximum absolute atomic E-state index is 12.4. The third-order valence-electron chi connectivity index (χ3n) is 3.10. The van der Waals surface area contributed by atoms with Gasteiger partial charge in [0.2, 0.25) is 0 Å². The highest BCUT2D eigenvalue weighted by Crippen LogP contribution is 2.17. The fourth-order valence-corrected chi connectivity index (χ4v) is 2.92. The van der Waals surface area contributed by atoms with E-state index in [9.17, 15) is 4.79 Å². The summed E-state index contributed by atoms with van der Waals surface area (Å²) < 4.78 is 1.66. The summed E-state index contributed by atoms with van der Waals surface area (Å²) in [5.74, 6) is 0. The molecule has 0 aliphatic carbocycles. The quantitative estimate of drug-likeness (QED) is 0.735. The first-order chi connectivity index (χ1) is 9.25. The van der Waals surface area contributed by atoms with Crippen LogP contribution in [0.25, 0.3) is 11.0 Å². The average Bonchev–Trinajstić information content (AvgIpc) is 2.92. The van der Waals surface area contributed by atoms with Gasteiger partial charge in [-0.1, -0.05) is 6.07 Å². The van der Waals surface area contributed by atoms with E-state index in [0.29, 0.717) is 11.0 Å². The predicted octanol–water partition coefficient (Wildman–Crippen LogP) is 2.66. The van der Waals surface area contributed by atoms with Crippen LogP contribution in [-0.4, -0.2) is 14.5 Å². The number of pyridine rings is 1. The van der Waals surface area contributed by atoms with Crippen LogP contribution in [0.1, 0.15) is 17.8 Å². The monoisotopic (exact) mass is 271 g/mol. The van der Waals surface area contributed by atoms with Crippen molar-refractivity contribution in [2.75, 3.05) is 0 Å². The van der Waals surface area contributed by atoms with Crippen molar-refractivity contribution in [3.05, 3.63) is 57.4 Å². The molecule has 3 heterocycles. The van der Waals surface area contributed by atoms with Crippen molar-refractivity contribution in [2.24, 2.45) is 0 Å². The molecule has 3 aromatic heterocycles. The molecule has 0 saturated heterocycles. The zero-order valence-corrected chi connectivity index (χ0v) is 11.3. The maximum Gasteiger partial charge on any atom is 0.280 e. The summed E-state index contributed by atoms with van der Waals surface area (Å²) in [6.07, 6.45) is 4.07. The Bertz CT molecular complexity index is 749. The van der Waals surface area contributed by atoms with Crippen LogP contribution in [0.15, 0.2) is 47.0 Å². The molecule has 0 N–H and O–H groups in total. The lowest BCUT2D eigenvalue weighted by atomic mass is 10.2. The van der Waals surface area contributed by atoms with Crippen LogP contribution < -0.4 is 5.56 Å². The number of fused-ring (bicyclic) bond motifs is 1. The Morgan fingerprint density at radius 3 is 3.00 bits per heavy atom. The lowest BCUT2D eigenvalue weighted by molar-refractivity contribution is 0.526. The smallest absolute Gasteiger partial charge is 0.280 e. The molecule has 96 valence electrons. The molecule has 1 atom stereocenters. The van der Waals surface area contributed by atoms with E-state index in [1.807, 2.05) is 18.4 Å². The Morgan fingerprint density at radius 2 is 2.21 bits per heavy atom. The molecule has 0 aliphatic heterocycles. The van der Waals surface area contributed by atoms with Crippen molar-refractivity contribution < 1.29 is 0 Å². The largest absolute Gasteiger partial charge is 0.294 e. The normalized spacial score (nSPS) is 12.7. The number of thiophene rings is 1. The first kappa shape index (κ1) is 12.0. The Kier molecular flexibility index (Phi) is 3.13. The molecule has 0 aliphatic rings. The van der Waals surface area contributed by atoms with Gasteiger partial charge in [-0.15, -0.1) is 11.3 Å². The molecule has 4 nitrogen and oxygen atoms in total. The van der Waals surface area contributed by atoms with Crippen molar-refractivity contribution in [2.45, 2.75) is 19.4 Å². The van der Waals surface area contributed by atoms with E-state index in [0.717, 1.165) is 6.42 Å². The minimum Gasteiger partial charge on any atom is -0.294 e. The zero-order valence-electron chi connectivity index (χ0n) is 10.5. The summed E-state index contributed by atoms with van der Waals surface area (Å²) >= 11 is 1.70. The third-order valence-corrected chi connectivity index (χ3v) is 4.00. The van der Waals surface area contributed by atoms with E-state index in [-0.39, 0.29) is 11.6 Å². The third kappa shape index (κ3) is 2.29. The van der Waals surface area contributed by atoms with Crippen molar-refractivity contribution in [1.82, 2.24) is 14.5 Å². The van der Waals surface area contributed by atoms with Gasteiger partial charge in [-0.25, -0.2) is 9.97 Å². The molecule has 0 bridgehead atoms. The van der Waals surface area contributed by atoms with E-state index in [1.165, 1.54) is 4.88 Å². The fourth-order valence-electron chi connectivity index (χ4n) is 2.10. The van der Waals surface area contributed by atoms with Crippen LogP contribution >= 0.6 is 11.3 Å². The van der Waals surface area contributed by atoms with Gasteiger partial charge in [-0.05, 0) is 30.5 Å². The Morgan fingerprint density at radius 1 is 1.32 bits per heavy atom. The number of rotatable bonds is 3. The molecule has 0 aromatic carbocycles. The minimum atomic E-state index is -0.0744. The van der Waals surface area contributed by atoms with Gasteiger partial charge in [-0.2, -0.15) is 0 Å². The summed E-state index contributed by atoms with van der Waals surface area (Å²) in [6, 6.07) is 7.77. The summed E-state index contributed by atoms with van der Waals surface area (Å²) in [7, 11) is 0. The van der Waals surface area contributed by atoms with Crippen LogP contribution in [0, 0.1) is 0 Å². The Balaban J connectivity index is 2.01. The van der Waals surface area contributed by atoms with Crippen molar-refractivity contribution in [3.8, 4) is 0 Å². The molecule has 5 heteroatoms. The molecule has 0 unspecified atom stereocenters. The fraction of sp³-hybridized carbons (Fsp3) is 0.214. The van der Waals surface area contributed by atoms with E-state index >= 15 is 0 Å². The van der Waals surface area contributed by atoms with Crippen molar-refractivity contribution in [3.63, 3.8) is 0 Å². The van der Waals surface area contributed by atoms with Gasteiger partial charge in [0.15, 0.2) is 5.52 Å². The van der Waals surface area contributed by atoms with Crippen molar-refractivity contribution in [1.29, 1.82) is 0 Å². The average molecular weight is 271 g/mol. The molecule has 3 rings (SSSR count). The number of nitrogens with zero attached hydrogens (tertiary/aromatic N) is 3. The molecule has 0 saturated carbocycles. The first-order valence-electron chi connectivity index (χ1n) is 6.10. The molecule has 0 amide bonds. The lowest BCUT2D eigenvalue weighted by Gasteiger charge is -2.13. The molecule has 19 heavy (non-hydrogen) atoms. The van der Waals surface area contributed by atoms with E-state index in [1.54, 1.807) is 40.6 Å². The summed E-state index contributed by atoms with van der Waals surface area (Å²) in [5.41, 5.74) is 1.00. The van der Waals surface area contributed by atoms with Gasteiger partial charge in [0.05, 0.1) is 11.8 Å². The highest BCUT2D eigenvalue weighted by atomic mass is 32.1. The van der Waals surface area contributed by atoms with E-state index in [4.69, 9.17) is 0 Å². The van der Waals surface area contributed by atoms with Crippen LogP contribution in [0.5, 0.6) is 0 Å². The predicted molar refractivity (Wildman–Crippen MR) is 76.5 cm³/mol.